The molecular weight excluding hydrogens is 297 g/mol. The minimum absolute atomic E-state index is 0.0189. The largest absolute Gasteiger partial charge is 0.360 e. The molecule has 1 aliphatic rings. The van der Waals surface area contributed by atoms with Gasteiger partial charge in [0.15, 0.2) is 0 Å². The molecule has 1 aromatic rings. The molecule has 0 saturated carbocycles. The maximum absolute atomic E-state index is 12.8. The van der Waals surface area contributed by atoms with E-state index in [4.69, 9.17) is 5.26 Å². The third-order valence-corrected chi connectivity index (χ3v) is 3.52. The fraction of sp³-hybridized carbons (Fsp3) is 0.375. The summed E-state index contributed by atoms with van der Waals surface area (Å²) in [4.78, 5) is 14.2. The van der Waals surface area contributed by atoms with Crippen molar-refractivity contribution in [2.45, 2.75) is 0 Å². The van der Waals surface area contributed by atoms with Crippen molar-refractivity contribution in [1.82, 2.24) is 15.5 Å². The van der Waals surface area contributed by atoms with Gasteiger partial charge in [-0.25, -0.2) is 4.39 Å². The summed E-state index contributed by atoms with van der Waals surface area (Å²) in [7, 11) is 0. The lowest BCUT2D eigenvalue weighted by Gasteiger charge is -2.27. The molecule has 1 amide bonds. The van der Waals surface area contributed by atoms with Gasteiger partial charge in [-0.3, -0.25) is 9.69 Å². The first-order valence-electron chi connectivity index (χ1n) is 7.52. The van der Waals surface area contributed by atoms with Crippen molar-refractivity contribution in [2.75, 3.05) is 44.6 Å². The summed E-state index contributed by atoms with van der Waals surface area (Å²) in [5, 5.41) is 17.9. The maximum Gasteiger partial charge on any atom is 0.263 e. The lowest BCUT2D eigenvalue weighted by Crippen LogP contribution is -2.46. The Morgan fingerprint density at radius 2 is 2.04 bits per heavy atom. The molecule has 2 rings (SSSR count). The Morgan fingerprint density at radius 3 is 2.70 bits per heavy atom. The average Bonchev–Trinajstić information content (AvgIpc) is 2.58. The van der Waals surface area contributed by atoms with Crippen LogP contribution in [0, 0.1) is 17.1 Å². The highest BCUT2D eigenvalue weighted by Gasteiger charge is 2.11. The molecule has 1 heterocycles. The van der Waals surface area contributed by atoms with Gasteiger partial charge in [-0.15, -0.1) is 0 Å². The summed E-state index contributed by atoms with van der Waals surface area (Å²) in [5.41, 5.74) is 0.586. The second-order valence-electron chi connectivity index (χ2n) is 5.17. The lowest BCUT2D eigenvalue weighted by atomic mass is 10.2. The van der Waals surface area contributed by atoms with Gasteiger partial charge in [0.2, 0.25) is 0 Å². The van der Waals surface area contributed by atoms with E-state index in [1.807, 2.05) is 6.07 Å². The molecule has 1 aromatic carbocycles. The molecule has 7 heteroatoms. The van der Waals surface area contributed by atoms with Gasteiger partial charge in [0, 0.05) is 51.2 Å². The summed E-state index contributed by atoms with van der Waals surface area (Å²) < 4.78 is 12.8. The third kappa shape index (κ3) is 5.70. The number of halogens is 1. The highest BCUT2D eigenvalue weighted by Crippen LogP contribution is 2.08. The standard InChI is InChI=1S/C16H20FN5O/c17-14-1-3-15(4-2-14)21-12-13(11-18)16(23)20-7-10-22-8-5-19-6-9-22/h1-4,12,19,21H,5-10H2,(H,20,23)/b13-12-. The molecule has 1 saturated heterocycles. The Morgan fingerprint density at radius 1 is 1.35 bits per heavy atom. The number of benzene rings is 1. The van der Waals surface area contributed by atoms with Crippen LogP contribution in [0.5, 0.6) is 0 Å². The van der Waals surface area contributed by atoms with Crippen molar-refractivity contribution < 1.29 is 9.18 Å². The first kappa shape index (κ1) is 16.9. The Hall–Kier alpha value is -2.43. The van der Waals surface area contributed by atoms with Gasteiger partial charge in [0.25, 0.3) is 5.91 Å². The predicted molar refractivity (Wildman–Crippen MR) is 86.0 cm³/mol. The van der Waals surface area contributed by atoms with Crippen molar-refractivity contribution in [2.24, 2.45) is 0 Å². The predicted octanol–water partition coefficient (Wildman–Crippen LogP) is 0.666. The van der Waals surface area contributed by atoms with E-state index in [0.717, 1.165) is 32.7 Å². The second-order valence-corrected chi connectivity index (χ2v) is 5.17. The van der Waals surface area contributed by atoms with Crippen LogP contribution in [0.1, 0.15) is 0 Å². The molecule has 0 aliphatic carbocycles. The van der Waals surface area contributed by atoms with Crippen molar-refractivity contribution in [3.05, 3.63) is 41.9 Å². The fourth-order valence-electron chi connectivity index (χ4n) is 2.21. The van der Waals surface area contributed by atoms with Gasteiger partial charge in [-0.2, -0.15) is 5.26 Å². The average molecular weight is 317 g/mol. The van der Waals surface area contributed by atoms with Crippen LogP contribution in [-0.2, 0) is 4.79 Å². The Bertz CT molecular complexity index is 587. The molecule has 0 bridgehead atoms. The number of nitriles is 1. The zero-order valence-electron chi connectivity index (χ0n) is 12.8. The van der Waals surface area contributed by atoms with E-state index in [2.05, 4.69) is 20.9 Å². The van der Waals surface area contributed by atoms with Crippen LogP contribution >= 0.6 is 0 Å². The Kier molecular flexibility index (Phi) is 6.54. The van der Waals surface area contributed by atoms with Crippen molar-refractivity contribution >= 4 is 11.6 Å². The maximum atomic E-state index is 12.8. The summed E-state index contributed by atoms with van der Waals surface area (Å²) in [6.45, 7) is 5.09. The smallest absolute Gasteiger partial charge is 0.263 e. The van der Waals surface area contributed by atoms with Crippen LogP contribution in [0.25, 0.3) is 0 Å². The van der Waals surface area contributed by atoms with Crippen molar-refractivity contribution in [3.8, 4) is 6.07 Å². The SMILES string of the molecule is N#C/C(=C/Nc1ccc(F)cc1)C(=O)NCCN1CCNCC1. The molecule has 3 N–H and O–H groups in total. The highest BCUT2D eigenvalue weighted by molar-refractivity contribution is 5.97. The van der Waals surface area contributed by atoms with E-state index in [1.165, 1.54) is 30.5 Å². The molecule has 1 aliphatic heterocycles. The Balaban J connectivity index is 1.79. The van der Waals surface area contributed by atoms with E-state index < -0.39 is 5.91 Å². The van der Waals surface area contributed by atoms with Gasteiger partial charge < -0.3 is 16.0 Å². The zero-order valence-corrected chi connectivity index (χ0v) is 12.8. The van der Waals surface area contributed by atoms with Gasteiger partial charge in [0.05, 0.1) is 0 Å². The molecule has 0 spiro atoms. The van der Waals surface area contributed by atoms with Gasteiger partial charge >= 0.3 is 0 Å². The zero-order chi connectivity index (χ0) is 16.5. The van der Waals surface area contributed by atoms with Crippen molar-refractivity contribution in [3.63, 3.8) is 0 Å². The van der Waals surface area contributed by atoms with Gasteiger partial charge in [0.1, 0.15) is 17.5 Å². The molecule has 122 valence electrons. The van der Waals surface area contributed by atoms with Crippen LogP contribution in [0.4, 0.5) is 10.1 Å². The number of carbonyl (C=O) groups excluding carboxylic acids is 1. The molecular formula is C16H20FN5O. The van der Waals surface area contributed by atoms with Crippen LogP contribution in [0.2, 0.25) is 0 Å². The summed E-state index contributed by atoms with van der Waals surface area (Å²) in [6.07, 6.45) is 1.33. The number of nitrogens with zero attached hydrogens (tertiary/aromatic N) is 2. The monoisotopic (exact) mass is 317 g/mol. The van der Waals surface area contributed by atoms with E-state index in [1.54, 1.807) is 0 Å². The molecule has 23 heavy (non-hydrogen) atoms. The fourth-order valence-corrected chi connectivity index (χ4v) is 2.21. The first-order chi connectivity index (χ1) is 11.2. The van der Waals surface area contributed by atoms with Crippen molar-refractivity contribution in [1.29, 1.82) is 5.26 Å². The topological polar surface area (TPSA) is 80.2 Å². The Labute approximate surface area is 135 Å². The summed E-state index contributed by atoms with van der Waals surface area (Å²) in [6, 6.07) is 7.53. The third-order valence-electron chi connectivity index (χ3n) is 3.52. The minimum Gasteiger partial charge on any atom is -0.360 e. The molecule has 6 nitrogen and oxygen atoms in total. The molecule has 0 radical (unpaired) electrons. The van der Waals surface area contributed by atoms with E-state index >= 15 is 0 Å². The normalized spacial score (nSPS) is 15.7. The quantitative estimate of drug-likeness (QED) is 0.531. The van der Waals surface area contributed by atoms with Crippen LogP contribution in [-0.4, -0.2) is 50.1 Å². The minimum atomic E-state index is -0.419. The number of piperazine rings is 1. The summed E-state index contributed by atoms with van der Waals surface area (Å²) in [5.74, 6) is -0.761. The molecule has 1 fully saturated rings. The van der Waals surface area contributed by atoms with Crippen LogP contribution < -0.4 is 16.0 Å². The van der Waals surface area contributed by atoms with Crippen LogP contribution in [0.3, 0.4) is 0 Å². The van der Waals surface area contributed by atoms with Crippen LogP contribution in [0.15, 0.2) is 36.0 Å². The van der Waals surface area contributed by atoms with E-state index in [0.29, 0.717) is 12.2 Å². The number of nitrogens with one attached hydrogen (secondary N) is 3. The molecule has 0 aromatic heterocycles. The lowest BCUT2D eigenvalue weighted by molar-refractivity contribution is -0.117. The number of amides is 1. The number of hydrogen-bond acceptors (Lipinski definition) is 5. The first-order valence-corrected chi connectivity index (χ1v) is 7.52. The number of anilines is 1. The van der Waals surface area contributed by atoms with E-state index in [9.17, 15) is 9.18 Å². The second kappa shape index (κ2) is 8.88. The summed E-state index contributed by atoms with van der Waals surface area (Å²) >= 11 is 0. The number of carbonyl (C=O) groups is 1. The van der Waals surface area contributed by atoms with Gasteiger partial charge in [-0.05, 0) is 24.3 Å². The van der Waals surface area contributed by atoms with Gasteiger partial charge in [-0.1, -0.05) is 0 Å². The molecule has 0 atom stereocenters. The van der Waals surface area contributed by atoms with E-state index in [-0.39, 0.29) is 11.4 Å². The number of rotatable bonds is 6. The highest BCUT2D eigenvalue weighted by atomic mass is 19.1. The molecule has 0 unspecified atom stereocenters. The number of hydrogen-bond donors (Lipinski definition) is 3.